The molecule has 0 atom stereocenters. The maximum atomic E-state index is 13.6. The van der Waals surface area contributed by atoms with Gasteiger partial charge in [0, 0.05) is 18.3 Å². The molecule has 1 aromatic rings. The van der Waals surface area contributed by atoms with Crippen molar-refractivity contribution in [3.05, 3.63) is 23.8 Å². The summed E-state index contributed by atoms with van der Waals surface area (Å²) >= 11 is 0. The molecule has 1 aromatic carbocycles. The quantitative estimate of drug-likeness (QED) is 0.775. The standard InChI is InChI=1S/C11H16F2N2O/c1-7(2)15(3-4-16)11-9(12)5-8(14)6-10(11)13/h5-7,16H,3-4,14H2,1-2H3. The van der Waals surface area contributed by atoms with Crippen LogP contribution in [0.25, 0.3) is 0 Å². The summed E-state index contributed by atoms with van der Waals surface area (Å²) in [7, 11) is 0. The lowest BCUT2D eigenvalue weighted by Crippen LogP contribution is -2.34. The predicted molar refractivity (Wildman–Crippen MR) is 60.3 cm³/mol. The van der Waals surface area contributed by atoms with Crippen molar-refractivity contribution in [3.63, 3.8) is 0 Å². The average molecular weight is 230 g/mol. The molecule has 0 unspecified atom stereocenters. The Hall–Kier alpha value is -1.36. The second-order valence-electron chi connectivity index (χ2n) is 3.84. The predicted octanol–water partition coefficient (Wildman–Crippen LogP) is 1.75. The van der Waals surface area contributed by atoms with Crippen LogP contribution < -0.4 is 10.6 Å². The second-order valence-corrected chi connectivity index (χ2v) is 3.84. The number of rotatable bonds is 4. The van der Waals surface area contributed by atoms with Crippen LogP contribution in [0.2, 0.25) is 0 Å². The molecule has 0 bridgehead atoms. The topological polar surface area (TPSA) is 49.5 Å². The average Bonchev–Trinajstić information content (AvgIpc) is 2.14. The molecule has 0 radical (unpaired) electrons. The van der Waals surface area contributed by atoms with Crippen LogP contribution >= 0.6 is 0 Å². The van der Waals surface area contributed by atoms with Gasteiger partial charge >= 0.3 is 0 Å². The highest BCUT2D eigenvalue weighted by Gasteiger charge is 2.19. The van der Waals surface area contributed by atoms with Crippen molar-refractivity contribution in [2.24, 2.45) is 0 Å². The van der Waals surface area contributed by atoms with Crippen LogP contribution in [-0.4, -0.2) is 24.3 Å². The van der Waals surface area contributed by atoms with Crippen LogP contribution in [0.1, 0.15) is 13.8 Å². The zero-order valence-electron chi connectivity index (χ0n) is 9.37. The number of anilines is 2. The molecule has 0 fully saturated rings. The van der Waals surface area contributed by atoms with E-state index in [0.717, 1.165) is 12.1 Å². The summed E-state index contributed by atoms with van der Waals surface area (Å²) in [6.07, 6.45) is 0. The Kier molecular flexibility index (Phi) is 4.06. The van der Waals surface area contributed by atoms with E-state index < -0.39 is 11.6 Å². The molecule has 3 N–H and O–H groups in total. The Labute approximate surface area is 93.5 Å². The molecule has 5 heteroatoms. The molecule has 0 aliphatic rings. The lowest BCUT2D eigenvalue weighted by Gasteiger charge is -2.29. The largest absolute Gasteiger partial charge is 0.399 e. The SMILES string of the molecule is CC(C)N(CCO)c1c(F)cc(N)cc1F. The first-order valence-electron chi connectivity index (χ1n) is 5.09. The third-order valence-corrected chi connectivity index (χ3v) is 2.29. The van der Waals surface area contributed by atoms with Crippen molar-refractivity contribution < 1.29 is 13.9 Å². The van der Waals surface area contributed by atoms with E-state index in [0.29, 0.717) is 0 Å². The van der Waals surface area contributed by atoms with Gasteiger partial charge in [-0.05, 0) is 26.0 Å². The molecule has 0 aliphatic carbocycles. The Bertz CT molecular complexity index is 346. The van der Waals surface area contributed by atoms with E-state index in [1.807, 2.05) is 0 Å². The van der Waals surface area contributed by atoms with Gasteiger partial charge in [-0.2, -0.15) is 0 Å². The second kappa shape index (κ2) is 5.12. The van der Waals surface area contributed by atoms with Crippen molar-refractivity contribution in [1.29, 1.82) is 0 Å². The Balaban J connectivity index is 3.18. The minimum absolute atomic E-state index is 0.0476. The van der Waals surface area contributed by atoms with Gasteiger partial charge in [-0.1, -0.05) is 0 Å². The van der Waals surface area contributed by atoms with E-state index in [4.69, 9.17) is 10.8 Å². The van der Waals surface area contributed by atoms with Gasteiger partial charge in [0.25, 0.3) is 0 Å². The van der Waals surface area contributed by atoms with Crippen LogP contribution in [0.15, 0.2) is 12.1 Å². The maximum absolute atomic E-state index is 13.6. The summed E-state index contributed by atoms with van der Waals surface area (Å²) in [6, 6.07) is 2.04. The smallest absolute Gasteiger partial charge is 0.151 e. The number of halogens is 2. The summed E-state index contributed by atoms with van der Waals surface area (Å²) in [5, 5.41) is 8.87. The molecule has 0 saturated heterocycles. The van der Waals surface area contributed by atoms with Crippen LogP contribution in [0, 0.1) is 11.6 Å². The van der Waals surface area contributed by atoms with E-state index in [1.54, 1.807) is 13.8 Å². The first-order valence-corrected chi connectivity index (χ1v) is 5.09. The van der Waals surface area contributed by atoms with Crippen molar-refractivity contribution >= 4 is 11.4 Å². The summed E-state index contributed by atoms with van der Waals surface area (Å²) in [4.78, 5) is 1.46. The lowest BCUT2D eigenvalue weighted by atomic mass is 10.2. The van der Waals surface area contributed by atoms with Crippen molar-refractivity contribution in [2.45, 2.75) is 19.9 Å². The van der Waals surface area contributed by atoms with Crippen LogP contribution in [0.5, 0.6) is 0 Å². The highest BCUT2D eigenvalue weighted by molar-refractivity contribution is 5.56. The van der Waals surface area contributed by atoms with E-state index in [9.17, 15) is 8.78 Å². The highest BCUT2D eigenvalue weighted by atomic mass is 19.1. The number of nitrogens with zero attached hydrogens (tertiary/aromatic N) is 1. The molecule has 0 saturated carbocycles. The molecular weight excluding hydrogens is 214 g/mol. The summed E-state index contributed by atoms with van der Waals surface area (Å²) in [5.74, 6) is -1.42. The minimum atomic E-state index is -0.709. The van der Waals surface area contributed by atoms with E-state index in [-0.39, 0.29) is 30.6 Å². The maximum Gasteiger partial charge on any atom is 0.151 e. The third-order valence-electron chi connectivity index (χ3n) is 2.29. The van der Waals surface area contributed by atoms with Crippen LogP contribution in [-0.2, 0) is 0 Å². The molecule has 0 spiro atoms. The van der Waals surface area contributed by atoms with Gasteiger partial charge in [0.1, 0.15) is 5.69 Å². The molecule has 16 heavy (non-hydrogen) atoms. The third kappa shape index (κ3) is 2.61. The summed E-state index contributed by atoms with van der Waals surface area (Å²) in [5.41, 5.74) is 5.24. The molecule has 1 rings (SSSR count). The van der Waals surface area contributed by atoms with E-state index >= 15 is 0 Å². The van der Waals surface area contributed by atoms with Crippen LogP contribution in [0.4, 0.5) is 20.2 Å². The molecule has 0 aromatic heterocycles. The summed E-state index contributed by atoms with van der Waals surface area (Å²) in [6.45, 7) is 3.60. The first kappa shape index (κ1) is 12.7. The van der Waals surface area contributed by atoms with Gasteiger partial charge in [0.15, 0.2) is 11.6 Å². The van der Waals surface area contributed by atoms with Crippen LogP contribution in [0.3, 0.4) is 0 Å². The molecule has 0 heterocycles. The van der Waals surface area contributed by atoms with Gasteiger partial charge in [0.05, 0.1) is 6.61 Å². The minimum Gasteiger partial charge on any atom is -0.399 e. The number of nitrogens with two attached hydrogens (primary N) is 1. The van der Waals surface area contributed by atoms with Gasteiger partial charge in [-0.25, -0.2) is 8.78 Å². The number of aliphatic hydroxyl groups is 1. The molecule has 3 nitrogen and oxygen atoms in total. The first-order chi connectivity index (χ1) is 7.47. The Morgan fingerprint density at radius 1 is 1.31 bits per heavy atom. The highest BCUT2D eigenvalue weighted by Crippen LogP contribution is 2.27. The normalized spacial score (nSPS) is 10.9. The number of hydrogen-bond donors (Lipinski definition) is 2. The zero-order chi connectivity index (χ0) is 12.3. The van der Waals surface area contributed by atoms with Gasteiger partial charge in [-0.15, -0.1) is 0 Å². The molecule has 0 aliphatic heterocycles. The van der Waals surface area contributed by atoms with Gasteiger partial charge in [0.2, 0.25) is 0 Å². The molecular formula is C11H16F2N2O. The number of nitrogen functional groups attached to an aromatic ring is 1. The number of benzene rings is 1. The zero-order valence-corrected chi connectivity index (χ0v) is 9.37. The fraction of sp³-hybridized carbons (Fsp3) is 0.455. The van der Waals surface area contributed by atoms with Crippen molar-refractivity contribution in [1.82, 2.24) is 0 Å². The Morgan fingerprint density at radius 3 is 2.19 bits per heavy atom. The van der Waals surface area contributed by atoms with Crippen molar-refractivity contribution in [3.8, 4) is 0 Å². The van der Waals surface area contributed by atoms with Gasteiger partial charge < -0.3 is 15.7 Å². The van der Waals surface area contributed by atoms with Gasteiger partial charge in [-0.3, -0.25) is 0 Å². The fourth-order valence-electron chi connectivity index (χ4n) is 1.60. The number of hydrogen-bond acceptors (Lipinski definition) is 3. The number of aliphatic hydroxyl groups excluding tert-OH is 1. The fourth-order valence-corrected chi connectivity index (χ4v) is 1.60. The van der Waals surface area contributed by atoms with E-state index in [2.05, 4.69) is 0 Å². The monoisotopic (exact) mass is 230 g/mol. The molecule has 90 valence electrons. The Morgan fingerprint density at radius 2 is 1.81 bits per heavy atom. The lowest BCUT2D eigenvalue weighted by molar-refractivity contribution is 0.298. The summed E-state index contributed by atoms with van der Waals surface area (Å²) < 4.78 is 27.2. The van der Waals surface area contributed by atoms with E-state index in [1.165, 1.54) is 4.90 Å². The van der Waals surface area contributed by atoms with Crippen molar-refractivity contribution in [2.75, 3.05) is 23.8 Å². The molecule has 0 amide bonds.